The van der Waals surface area contributed by atoms with Gasteiger partial charge < -0.3 is 10.1 Å². The van der Waals surface area contributed by atoms with E-state index in [1.807, 2.05) is 17.9 Å². The van der Waals surface area contributed by atoms with Crippen molar-refractivity contribution in [1.82, 2.24) is 15.1 Å². The third-order valence-corrected chi connectivity index (χ3v) is 4.09. The molecule has 0 aliphatic carbocycles. The molecule has 0 aromatic carbocycles. The highest BCUT2D eigenvalue weighted by Crippen LogP contribution is 2.28. The first kappa shape index (κ1) is 13.3. The Hall–Kier alpha value is -1.17. The van der Waals surface area contributed by atoms with Gasteiger partial charge in [0.25, 0.3) is 0 Å². The molecule has 1 unspecified atom stereocenters. The minimum absolute atomic E-state index is 0.198. The molecule has 18 heavy (non-hydrogen) atoms. The summed E-state index contributed by atoms with van der Waals surface area (Å²) in [7, 11) is 3.69. The highest BCUT2D eigenvalue weighted by molar-refractivity contribution is 7.10. The number of ether oxygens (including phenoxy) is 1. The number of nitrogens with one attached hydrogen (secondary N) is 1. The first-order valence-corrected chi connectivity index (χ1v) is 6.87. The summed E-state index contributed by atoms with van der Waals surface area (Å²) < 4.78 is 7.12. The minimum atomic E-state index is 0.198. The Kier molecular flexibility index (Phi) is 4.52. The number of aryl methyl sites for hydroxylation is 1. The van der Waals surface area contributed by atoms with Gasteiger partial charge in [0.2, 0.25) is 0 Å². The van der Waals surface area contributed by atoms with Gasteiger partial charge in [-0.25, -0.2) is 0 Å². The average Bonchev–Trinajstić information content (AvgIpc) is 2.99. The van der Waals surface area contributed by atoms with Crippen molar-refractivity contribution in [2.24, 2.45) is 0 Å². The predicted octanol–water partition coefficient (Wildman–Crippen LogP) is 2.21. The molecule has 0 saturated heterocycles. The van der Waals surface area contributed by atoms with Crippen LogP contribution in [-0.2, 0) is 11.3 Å². The van der Waals surface area contributed by atoms with Crippen LogP contribution in [0.15, 0.2) is 23.7 Å². The smallest absolute Gasteiger partial charge is 0.0842 e. The van der Waals surface area contributed by atoms with Crippen LogP contribution in [0.5, 0.6) is 0 Å². The molecule has 0 spiro atoms. The van der Waals surface area contributed by atoms with E-state index in [2.05, 4.69) is 34.9 Å². The second kappa shape index (κ2) is 6.13. The molecule has 0 saturated carbocycles. The molecule has 2 aromatic rings. The number of nitrogens with zero attached hydrogens (tertiary/aromatic N) is 2. The Morgan fingerprint density at radius 1 is 1.50 bits per heavy atom. The third kappa shape index (κ3) is 2.63. The van der Waals surface area contributed by atoms with Crippen LogP contribution in [0.2, 0.25) is 0 Å². The summed E-state index contributed by atoms with van der Waals surface area (Å²) in [6.07, 6.45) is 1.85. The molecule has 0 bridgehead atoms. The van der Waals surface area contributed by atoms with Crippen molar-refractivity contribution in [3.63, 3.8) is 0 Å². The molecule has 0 radical (unpaired) electrons. The Labute approximate surface area is 112 Å². The summed E-state index contributed by atoms with van der Waals surface area (Å²) >= 11 is 1.78. The van der Waals surface area contributed by atoms with Gasteiger partial charge in [0.05, 0.1) is 24.9 Å². The maximum absolute atomic E-state index is 5.12. The van der Waals surface area contributed by atoms with Gasteiger partial charge in [0, 0.05) is 18.2 Å². The first-order chi connectivity index (χ1) is 8.77. The van der Waals surface area contributed by atoms with Crippen molar-refractivity contribution in [3.05, 3.63) is 39.8 Å². The van der Waals surface area contributed by atoms with E-state index in [4.69, 9.17) is 4.74 Å². The molecule has 1 N–H and O–H groups in total. The zero-order chi connectivity index (χ0) is 13.0. The second-order valence-electron chi connectivity index (χ2n) is 4.16. The molecule has 1 atom stereocenters. The standard InChI is InChI=1S/C13H19N3OS/c1-10-5-9-18-13(10)12(14-2)11-4-6-15-16(11)7-8-17-3/h4-6,9,12,14H,7-8H2,1-3H3. The molecular weight excluding hydrogens is 246 g/mol. The SMILES string of the molecule is CNC(c1sccc1C)c1ccnn1CCOC. The Bertz CT molecular complexity index is 492. The third-order valence-electron chi connectivity index (χ3n) is 3.00. The molecule has 0 fully saturated rings. The van der Waals surface area contributed by atoms with Crippen LogP contribution in [-0.4, -0.2) is 30.5 Å². The fourth-order valence-electron chi connectivity index (χ4n) is 2.05. The van der Waals surface area contributed by atoms with Crippen molar-refractivity contribution < 1.29 is 4.74 Å². The molecule has 0 amide bonds. The van der Waals surface area contributed by atoms with E-state index in [-0.39, 0.29) is 6.04 Å². The summed E-state index contributed by atoms with van der Waals surface area (Å²) in [6, 6.07) is 4.42. The monoisotopic (exact) mass is 265 g/mol. The van der Waals surface area contributed by atoms with E-state index in [0.717, 1.165) is 6.54 Å². The second-order valence-corrected chi connectivity index (χ2v) is 5.11. The van der Waals surface area contributed by atoms with Gasteiger partial charge in [0.15, 0.2) is 0 Å². The topological polar surface area (TPSA) is 39.1 Å². The van der Waals surface area contributed by atoms with Gasteiger partial charge in [-0.2, -0.15) is 5.10 Å². The zero-order valence-electron chi connectivity index (χ0n) is 11.0. The van der Waals surface area contributed by atoms with Crippen molar-refractivity contribution in [2.45, 2.75) is 19.5 Å². The molecular formula is C13H19N3OS. The zero-order valence-corrected chi connectivity index (χ0v) is 11.8. The van der Waals surface area contributed by atoms with Gasteiger partial charge in [-0.1, -0.05) is 0 Å². The maximum Gasteiger partial charge on any atom is 0.0842 e. The minimum Gasteiger partial charge on any atom is -0.383 e. The number of rotatable bonds is 6. The molecule has 0 aliphatic heterocycles. The van der Waals surface area contributed by atoms with E-state index < -0.39 is 0 Å². The van der Waals surface area contributed by atoms with Crippen LogP contribution >= 0.6 is 11.3 Å². The molecule has 0 aliphatic rings. The summed E-state index contributed by atoms with van der Waals surface area (Å²) in [4.78, 5) is 1.34. The molecule has 4 nitrogen and oxygen atoms in total. The van der Waals surface area contributed by atoms with Crippen LogP contribution in [0.4, 0.5) is 0 Å². The van der Waals surface area contributed by atoms with Crippen LogP contribution in [0.25, 0.3) is 0 Å². The Morgan fingerprint density at radius 2 is 2.33 bits per heavy atom. The first-order valence-electron chi connectivity index (χ1n) is 5.99. The van der Waals surface area contributed by atoms with Crippen molar-refractivity contribution >= 4 is 11.3 Å². The lowest BCUT2D eigenvalue weighted by Gasteiger charge is -2.17. The number of hydrogen-bond donors (Lipinski definition) is 1. The predicted molar refractivity (Wildman–Crippen MR) is 74.1 cm³/mol. The summed E-state index contributed by atoms with van der Waals surface area (Å²) in [6.45, 7) is 3.60. The summed E-state index contributed by atoms with van der Waals surface area (Å²) in [5.74, 6) is 0. The van der Waals surface area contributed by atoms with Crippen LogP contribution < -0.4 is 5.32 Å². The fourth-order valence-corrected chi connectivity index (χ4v) is 3.09. The van der Waals surface area contributed by atoms with E-state index in [0.29, 0.717) is 6.61 Å². The number of aromatic nitrogens is 2. The van der Waals surface area contributed by atoms with Gasteiger partial charge in [-0.05, 0) is 37.0 Å². The molecule has 5 heteroatoms. The number of methoxy groups -OCH3 is 1. The molecule has 98 valence electrons. The highest BCUT2D eigenvalue weighted by Gasteiger charge is 2.19. The summed E-state index contributed by atoms with van der Waals surface area (Å²) in [5, 5.41) is 9.87. The van der Waals surface area contributed by atoms with Gasteiger partial charge in [0.1, 0.15) is 0 Å². The lowest BCUT2D eigenvalue weighted by atomic mass is 10.1. The van der Waals surface area contributed by atoms with Crippen LogP contribution in [0.3, 0.4) is 0 Å². The highest BCUT2D eigenvalue weighted by atomic mass is 32.1. The van der Waals surface area contributed by atoms with Crippen molar-refractivity contribution in [3.8, 4) is 0 Å². The van der Waals surface area contributed by atoms with E-state index >= 15 is 0 Å². The quantitative estimate of drug-likeness (QED) is 0.870. The lowest BCUT2D eigenvalue weighted by molar-refractivity contribution is 0.182. The summed E-state index contributed by atoms with van der Waals surface area (Å²) in [5.41, 5.74) is 2.50. The van der Waals surface area contributed by atoms with Crippen molar-refractivity contribution in [1.29, 1.82) is 0 Å². The van der Waals surface area contributed by atoms with Crippen molar-refractivity contribution in [2.75, 3.05) is 20.8 Å². The Morgan fingerprint density at radius 3 is 2.94 bits per heavy atom. The normalized spacial score (nSPS) is 12.8. The number of thiophene rings is 1. The van der Waals surface area contributed by atoms with Crippen LogP contribution in [0.1, 0.15) is 22.2 Å². The van der Waals surface area contributed by atoms with Gasteiger partial charge in [-0.3, -0.25) is 4.68 Å². The molecule has 2 aromatic heterocycles. The molecule has 2 rings (SSSR count). The maximum atomic E-state index is 5.12. The lowest BCUT2D eigenvalue weighted by Crippen LogP contribution is -2.22. The van der Waals surface area contributed by atoms with E-state index in [1.165, 1.54) is 16.1 Å². The largest absolute Gasteiger partial charge is 0.383 e. The fraction of sp³-hybridized carbons (Fsp3) is 0.462. The molecule has 2 heterocycles. The van der Waals surface area contributed by atoms with Crippen LogP contribution in [0, 0.1) is 6.92 Å². The van der Waals surface area contributed by atoms with E-state index in [1.54, 1.807) is 18.4 Å². The Balaban J connectivity index is 2.28. The van der Waals surface area contributed by atoms with Gasteiger partial charge in [-0.15, -0.1) is 11.3 Å². The van der Waals surface area contributed by atoms with Gasteiger partial charge >= 0.3 is 0 Å². The average molecular weight is 265 g/mol. The van der Waals surface area contributed by atoms with E-state index in [9.17, 15) is 0 Å². The number of hydrogen-bond acceptors (Lipinski definition) is 4.